The molecule has 0 saturated carbocycles. The number of benzene rings is 2. The normalized spacial score (nSPS) is 15.4. The molecule has 1 aromatic heterocycles. The van der Waals surface area contributed by atoms with Gasteiger partial charge in [0, 0.05) is 6.92 Å². The molecule has 0 radical (unpaired) electrons. The molecule has 9 heteroatoms. The van der Waals surface area contributed by atoms with Crippen LogP contribution < -0.4 is 24.4 Å². The molecule has 0 unspecified atom stereocenters. The maximum Gasteiger partial charge on any atom is 0.338 e. The molecule has 0 N–H and O–H groups in total. The maximum absolute atomic E-state index is 13.6. The Morgan fingerprint density at radius 3 is 2.57 bits per heavy atom. The Bertz CT molecular complexity index is 1580. The number of hydrogen-bond donors (Lipinski definition) is 0. The Labute approximate surface area is 217 Å². The molecule has 1 atom stereocenters. The van der Waals surface area contributed by atoms with E-state index in [0.29, 0.717) is 26.3 Å². The summed E-state index contributed by atoms with van der Waals surface area (Å²) >= 11 is 1.24. The Kier molecular flexibility index (Phi) is 7.83. The van der Waals surface area contributed by atoms with Crippen LogP contribution in [-0.2, 0) is 14.3 Å². The Balaban J connectivity index is 1.88. The molecule has 0 aliphatic carbocycles. The van der Waals surface area contributed by atoms with Crippen LogP contribution in [0, 0.1) is 0 Å². The van der Waals surface area contributed by atoms with Crippen molar-refractivity contribution in [2.45, 2.75) is 26.8 Å². The van der Waals surface area contributed by atoms with E-state index in [1.807, 2.05) is 42.5 Å². The second-order valence-electron chi connectivity index (χ2n) is 8.10. The molecule has 4 rings (SSSR count). The quantitative estimate of drug-likeness (QED) is 0.351. The monoisotopic (exact) mass is 518 g/mol. The van der Waals surface area contributed by atoms with Crippen molar-refractivity contribution in [3.63, 3.8) is 0 Å². The number of esters is 2. The van der Waals surface area contributed by atoms with Crippen LogP contribution in [0.3, 0.4) is 0 Å². The highest BCUT2D eigenvalue weighted by molar-refractivity contribution is 7.07. The smallest absolute Gasteiger partial charge is 0.338 e. The zero-order valence-electron chi connectivity index (χ0n) is 20.9. The second-order valence-corrected chi connectivity index (χ2v) is 9.11. The van der Waals surface area contributed by atoms with E-state index in [0.717, 1.165) is 5.56 Å². The van der Waals surface area contributed by atoms with E-state index in [-0.39, 0.29) is 23.5 Å². The molecule has 0 saturated heterocycles. The van der Waals surface area contributed by atoms with Crippen molar-refractivity contribution in [3.05, 3.63) is 96.7 Å². The van der Waals surface area contributed by atoms with Gasteiger partial charge in [-0.1, -0.05) is 59.9 Å². The summed E-state index contributed by atoms with van der Waals surface area (Å²) in [5, 5.41) is 0. The fourth-order valence-electron chi connectivity index (χ4n) is 4.03. The third-order valence-electron chi connectivity index (χ3n) is 5.61. The maximum atomic E-state index is 13.6. The van der Waals surface area contributed by atoms with Gasteiger partial charge in [0.15, 0.2) is 16.3 Å². The third kappa shape index (κ3) is 5.46. The van der Waals surface area contributed by atoms with Crippen LogP contribution >= 0.6 is 11.3 Å². The van der Waals surface area contributed by atoms with Crippen molar-refractivity contribution in [3.8, 4) is 11.5 Å². The summed E-state index contributed by atoms with van der Waals surface area (Å²) in [6.45, 7) is 4.90. The molecule has 2 aromatic carbocycles. The highest BCUT2D eigenvalue weighted by Crippen LogP contribution is 2.36. The van der Waals surface area contributed by atoms with Crippen LogP contribution in [0.4, 0.5) is 0 Å². The third-order valence-corrected chi connectivity index (χ3v) is 6.61. The highest BCUT2D eigenvalue weighted by atomic mass is 32.1. The van der Waals surface area contributed by atoms with E-state index in [2.05, 4.69) is 4.99 Å². The molecule has 190 valence electrons. The van der Waals surface area contributed by atoms with Crippen molar-refractivity contribution in [1.82, 2.24) is 4.57 Å². The molecule has 2 heterocycles. The summed E-state index contributed by atoms with van der Waals surface area (Å²) in [4.78, 5) is 43.2. The summed E-state index contributed by atoms with van der Waals surface area (Å²) in [6.07, 6.45) is 5.46. The van der Waals surface area contributed by atoms with Crippen molar-refractivity contribution in [2.24, 2.45) is 4.99 Å². The minimum absolute atomic E-state index is 0.172. The highest BCUT2D eigenvalue weighted by Gasteiger charge is 2.34. The fraction of sp³-hybridized carbons (Fsp3) is 0.214. The van der Waals surface area contributed by atoms with E-state index in [1.54, 1.807) is 38.1 Å². The van der Waals surface area contributed by atoms with Crippen molar-refractivity contribution < 1.29 is 23.8 Å². The predicted molar refractivity (Wildman–Crippen MR) is 141 cm³/mol. The number of rotatable bonds is 7. The molecular weight excluding hydrogens is 492 g/mol. The summed E-state index contributed by atoms with van der Waals surface area (Å²) in [5.74, 6) is -0.533. The first kappa shape index (κ1) is 25.8. The van der Waals surface area contributed by atoms with Gasteiger partial charge in [-0.2, -0.15) is 0 Å². The van der Waals surface area contributed by atoms with Gasteiger partial charge in [0.25, 0.3) is 5.56 Å². The number of hydrogen-bond acceptors (Lipinski definition) is 8. The zero-order chi connectivity index (χ0) is 26.5. The number of allylic oxidation sites excluding steroid dienone is 2. The molecule has 0 fully saturated rings. The van der Waals surface area contributed by atoms with Crippen molar-refractivity contribution in [1.29, 1.82) is 0 Å². The van der Waals surface area contributed by atoms with Gasteiger partial charge in [0.1, 0.15) is 0 Å². The number of nitrogens with zero attached hydrogens (tertiary/aromatic N) is 2. The van der Waals surface area contributed by atoms with Crippen LogP contribution in [0.5, 0.6) is 11.5 Å². The van der Waals surface area contributed by atoms with E-state index in [4.69, 9.17) is 14.2 Å². The SMILES string of the molecule is CCOC(=O)C1=C(C)N=c2sc(=C/C=C/c3ccccc3)c(=O)n2[C@@H]1c1ccc(OC(C)=O)c(OC)c1. The topological polar surface area (TPSA) is 96.2 Å². The number of methoxy groups -OCH3 is 1. The van der Waals surface area contributed by atoms with Crippen LogP contribution in [-0.4, -0.2) is 30.2 Å². The number of carbonyl (C=O) groups excluding carboxylic acids is 2. The van der Waals surface area contributed by atoms with Gasteiger partial charge in [0.05, 0.1) is 35.6 Å². The number of ether oxygens (including phenoxy) is 3. The lowest BCUT2D eigenvalue weighted by molar-refractivity contribution is -0.139. The predicted octanol–water partition coefficient (Wildman–Crippen LogP) is 3.40. The van der Waals surface area contributed by atoms with Crippen molar-refractivity contribution >= 4 is 35.4 Å². The lowest BCUT2D eigenvalue weighted by Gasteiger charge is -2.25. The molecule has 37 heavy (non-hydrogen) atoms. The van der Waals surface area contributed by atoms with Gasteiger partial charge in [-0.25, -0.2) is 9.79 Å². The first-order valence-electron chi connectivity index (χ1n) is 11.6. The van der Waals surface area contributed by atoms with Gasteiger partial charge in [0.2, 0.25) is 0 Å². The molecule has 0 bridgehead atoms. The number of thiazole rings is 1. The second kappa shape index (κ2) is 11.2. The summed E-state index contributed by atoms with van der Waals surface area (Å²) in [7, 11) is 1.45. The van der Waals surface area contributed by atoms with Gasteiger partial charge < -0.3 is 14.2 Å². The summed E-state index contributed by atoms with van der Waals surface area (Å²) in [6, 6.07) is 13.8. The molecule has 0 spiro atoms. The van der Waals surface area contributed by atoms with E-state index in [9.17, 15) is 14.4 Å². The van der Waals surface area contributed by atoms with E-state index < -0.39 is 18.0 Å². The van der Waals surface area contributed by atoms with Crippen LogP contribution in [0.1, 0.15) is 37.9 Å². The van der Waals surface area contributed by atoms with Crippen molar-refractivity contribution in [2.75, 3.05) is 13.7 Å². The Morgan fingerprint density at radius 2 is 1.89 bits per heavy atom. The van der Waals surface area contributed by atoms with E-state index >= 15 is 0 Å². The molecule has 0 amide bonds. The first-order valence-corrected chi connectivity index (χ1v) is 12.4. The van der Waals surface area contributed by atoms with Gasteiger partial charge >= 0.3 is 11.9 Å². The van der Waals surface area contributed by atoms with Gasteiger partial charge in [-0.15, -0.1) is 0 Å². The molecule has 3 aromatic rings. The average Bonchev–Trinajstić information content (AvgIpc) is 3.18. The zero-order valence-corrected chi connectivity index (χ0v) is 21.7. The Hall–Kier alpha value is -4.24. The summed E-state index contributed by atoms with van der Waals surface area (Å²) < 4.78 is 17.9. The van der Waals surface area contributed by atoms with Gasteiger partial charge in [-0.05, 0) is 43.2 Å². The molecule has 1 aliphatic rings. The van der Waals surface area contributed by atoms with Crippen LogP contribution in [0.15, 0.2) is 75.7 Å². The number of fused-ring (bicyclic) bond motifs is 1. The minimum Gasteiger partial charge on any atom is -0.493 e. The largest absolute Gasteiger partial charge is 0.493 e. The van der Waals surface area contributed by atoms with E-state index in [1.165, 1.54) is 29.9 Å². The summed E-state index contributed by atoms with van der Waals surface area (Å²) in [5.41, 5.74) is 2.01. The minimum atomic E-state index is -0.809. The van der Waals surface area contributed by atoms with Crippen LogP contribution in [0.2, 0.25) is 0 Å². The standard InChI is InChI=1S/C28H26N2O6S/c1-5-35-27(33)24-17(2)29-28-30(25(24)20-14-15-21(36-18(3)31)22(16-20)34-4)26(32)23(37-28)13-9-12-19-10-7-6-8-11-19/h6-16,25H,5H2,1-4H3/b12-9+,23-13?/t25-/m1/s1. The molecule has 8 nitrogen and oxygen atoms in total. The number of aromatic nitrogens is 1. The fourth-order valence-corrected chi connectivity index (χ4v) is 5.02. The first-order chi connectivity index (χ1) is 17.8. The number of carbonyl (C=O) groups is 2. The lowest BCUT2D eigenvalue weighted by atomic mass is 9.95. The average molecular weight is 519 g/mol. The molecular formula is C28H26N2O6S. The van der Waals surface area contributed by atoms with Crippen LogP contribution in [0.25, 0.3) is 12.2 Å². The molecule has 1 aliphatic heterocycles. The Morgan fingerprint density at radius 1 is 1.14 bits per heavy atom. The van der Waals surface area contributed by atoms with Gasteiger partial charge in [-0.3, -0.25) is 14.2 Å². The lowest BCUT2D eigenvalue weighted by Crippen LogP contribution is -2.39.